The second kappa shape index (κ2) is 3.23. The molecule has 0 aliphatic heterocycles. The van der Waals surface area contributed by atoms with E-state index in [0.29, 0.717) is 12.8 Å². The van der Waals surface area contributed by atoms with Crippen molar-refractivity contribution in [3.63, 3.8) is 0 Å². The molecule has 0 bridgehead atoms. The van der Waals surface area contributed by atoms with Gasteiger partial charge >= 0.3 is 5.97 Å². The maximum atomic E-state index is 11.1. The predicted molar refractivity (Wildman–Crippen MR) is 40.7 cm³/mol. The van der Waals surface area contributed by atoms with E-state index in [4.69, 9.17) is 5.11 Å². The van der Waals surface area contributed by atoms with Gasteiger partial charge in [0, 0.05) is 6.42 Å². The van der Waals surface area contributed by atoms with E-state index in [2.05, 4.69) is 0 Å². The Hall–Kier alpha value is -0.900. The number of carboxylic acid groups (broad SMARTS) is 1. The maximum absolute atomic E-state index is 11.1. The molecule has 1 atom stereocenters. The zero-order valence-electron chi connectivity index (χ0n) is 6.75. The third-order valence-corrected chi connectivity index (χ3v) is 2.26. The number of hydrogen-bond acceptors (Lipinski definition) is 3. The Bertz CT molecular complexity index is 211. The first-order valence-electron chi connectivity index (χ1n) is 4.06. The summed E-state index contributed by atoms with van der Waals surface area (Å²) in [6, 6.07) is 0. The molecule has 0 aromatic rings. The first-order valence-corrected chi connectivity index (χ1v) is 4.06. The van der Waals surface area contributed by atoms with Crippen molar-refractivity contribution in [2.24, 2.45) is 0 Å². The lowest BCUT2D eigenvalue weighted by Gasteiger charge is -2.18. The standard InChI is InChI=1S/C8H12O4/c9-6-4-2-1-3-5-8(6,12)7(10)11/h12H,1-5H2,(H,10,11). The summed E-state index contributed by atoms with van der Waals surface area (Å²) < 4.78 is 0. The SMILES string of the molecule is O=C(O)C1(O)CCCCCC1=O. The van der Waals surface area contributed by atoms with E-state index >= 15 is 0 Å². The molecule has 2 N–H and O–H groups in total. The van der Waals surface area contributed by atoms with Crippen molar-refractivity contribution in [1.82, 2.24) is 0 Å². The fourth-order valence-electron chi connectivity index (χ4n) is 1.42. The van der Waals surface area contributed by atoms with Gasteiger partial charge in [0.15, 0.2) is 5.78 Å². The van der Waals surface area contributed by atoms with Crippen molar-refractivity contribution >= 4 is 11.8 Å². The van der Waals surface area contributed by atoms with Crippen molar-refractivity contribution in [3.05, 3.63) is 0 Å². The van der Waals surface area contributed by atoms with Crippen LogP contribution in [0, 0.1) is 0 Å². The third kappa shape index (κ3) is 1.48. The van der Waals surface area contributed by atoms with Crippen LogP contribution in [0.5, 0.6) is 0 Å². The summed E-state index contributed by atoms with van der Waals surface area (Å²) in [7, 11) is 0. The summed E-state index contributed by atoms with van der Waals surface area (Å²) in [5.41, 5.74) is -2.10. The second-order valence-corrected chi connectivity index (χ2v) is 3.15. The molecule has 4 nitrogen and oxygen atoms in total. The van der Waals surface area contributed by atoms with Crippen LogP contribution in [0.2, 0.25) is 0 Å². The Morgan fingerprint density at radius 2 is 2.00 bits per heavy atom. The number of ketones is 1. The lowest BCUT2D eigenvalue weighted by atomic mass is 9.93. The molecular weight excluding hydrogens is 160 g/mol. The topological polar surface area (TPSA) is 74.6 Å². The summed E-state index contributed by atoms with van der Waals surface area (Å²) in [6.07, 6.45) is 2.36. The molecule has 0 aromatic carbocycles. The smallest absolute Gasteiger partial charge is 0.343 e. The number of rotatable bonds is 1. The largest absolute Gasteiger partial charge is 0.479 e. The molecule has 0 saturated heterocycles. The van der Waals surface area contributed by atoms with Gasteiger partial charge in [-0.3, -0.25) is 4.79 Å². The van der Waals surface area contributed by atoms with Crippen LogP contribution < -0.4 is 0 Å². The number of carboxylic acids is 1. The minimum absolute atomic E-state index is 0.0567. The summed E-state index contributed by atoms with van der Waals surface area (Å²) in [5.74, 6) is -1.96. The minimum atomic E-state index is -2.10. The first-order chi connectivity index (χ1) is 5.57. The molecule has 1 aliphatic carbocycles. The molecule has 1 unspecified atom stereocenters. The van der Waals surface area contributed by atoms with Gasteiger partial charge in [0.05, 0.1) is 0 Å². The second-order valence-electron chi connectivity index (χ2n) is 3.15. The quantitative estimate of drug-likeness (QED) is 0.441. The van der Waals surface area contributed by atoms with Crippen LogP contribution in [0.3, 0.4) is 0 Å². The molecule has 0 spiro atoms. The summed E-state index contributed by atoms with van der Waals surface area (Å²) in [5, 5.41) is 18.1. The summed E-state index contributed by atoms with van der Waals surface area (Å²) in [6.45, 7) is 0. The van der Waals surface area contributed by atoms with Gasteiger partial charge in [-0.1, -0.05) is 6.42 Å². The van der Waals surface area contributed by atoms with E-state index in [1.165, 1.54) is 0 Å². The van der Waals surface area contributed by atoms with Gasteiger partial charge < -0.3 is 10.2 Å². The normalized spacial score (nSPS) is 31.2. The molecule has 1 saturated carbocycles. The van der Waals surface area contributed by atoms with Crippen molar-refractivity contribution < 1.29 is 19.8 Å². The number of Topliss-reactive ketones (excluding diaryl/α,β-unsaturated/α-hetero) is 1. The molecule has 0 amide bonds. The predicted octanol–water partition coefficient (Wildman–Crippen LogP) is 0.335. The summed E-state index contributed by atoms with van der Waals surface area (Å²) in [4.78, 5) is 21.7. The van der Waals surface area contributed by atoms with E-state index in [1.807, 2.05) is 0 Å². The highest BCUT2D eigenvalue weighted by atomic mass is 16.4. The maximum Gasteiger partial charge on any atom is 0.343 e. The van der Waals surface area contributed by atoms with Crippen molar-refractivity contribution in [3.8, 4) is 0 Å². The zero-order chi connectivity index (χ0) is 9.19. The lowest BCUT2D eigenvalue weighted by molar-refractivity contribution is -0.165. The van der Waals surface area contributed by atoms with Gasteiger partial charge in [0.2, 0.25) is 5.60 Å². The molecule has 12 heavy (non-hydrogen) atoms. The molecule has 0 aromatic heterocycles. The van der Waals surface area contributed by atoms with Crippen LogP contribution in [0.25, 0.3) is 0 Å². The molecule has 1 fully saturated rings. The van der Waals surface area contributed by atoms with Crippen LogP contribution in [-0.4, -0.2) is 27.6 Å². The first kappa shape index (κ1) is 9.19. The fourth-order valence-corrected chi connectivity index (χ4v) is 1.42. The van der Waals surface area contributed by atoms with E-state index < -0.39 is 17.4 Å². The van der Waals surface area contributed by atoms with Gasteiger partial charge in [-0.05, 0) is 19.3 Å². The monoisotopic (exact) mass is 172 g/mol. The summed E-state index contributed by atoms with van der Waals surface area (Å²) >= 11 is 0. The van der Waals surface area contributed by atoms with Crippen LogP contribution in [0.1, 0.15) is 32.1 Å². The number of carbonyl (C=O) groups excluding carboxylic acids is 1. The molecule has 68 valence electrons. The van der Waals surface area contributed by atoms with Crippen molar-refractivity contribution in [1.29, 1.82) is 0 Å². The Kier molecular flexibility index (Phi) is 2.47. The van der Waals surface area contributed by atoms with Crippen LogP contribution in [-0.2, 0) is 9.59 Å². The van der Waals surface area contributed by atoms with E-state index in [1.54, 1.807) is 0 Å². The number of aliphatic carboxylic acids is 1. The highest BCUT2D eigenvalue weighted by Crippen LogP contribution is 2.24. The Morgan fingerprint density at radius 1 is 1.33 bits per heavy atom. The third-order valence-electron chi connectivity index (χ3n) is 2.26. The molecule has 0 radical (unpaired) electrons. The van der Waals surface area contributed by atoms with E-state index in [0.717, 1.165) is 6.42 Å². The van der Waals surface area contributed by atoms with E-state index in [9.17, 15) is 14.7 Å². The average molecular weight is 172 g/mol. The minimum Gasteiger partial charge on any atom is -0.479 e. The van der Waals surface area contributed by atoms with Crippen LogP contribution in [0.4, 0.5) is 0 Å². The highest BCUT2D eigenvalue weighted by Gasteiger charge is 2.43. The molecular formula is C8H12O4. The van der Waals surface area contributed by atoms with Gasteiger partial charge in [0.1, 0.15) is 0 Å². The van der Waals surface area contributed by atoms with Crippen molar-refractivity contribution in [2.75, 3.05) is 0 Å². The number of aliphatic hydroxyl groups is 1. The Labute approximate surface area is 70.2 Å². The Morgan fingerprint density at radius 3 is 2.58 bits per heavy atom. The van der Waals surface area contributed by atoms with Crippen LogP contribution >= 0.6 is 0 Å². The lowest BCUT2D eigenvalue weighted by Crippen LogP contribution is -2.45. The van der Waals surface area contributed by atoms with Gasteiger partial charge in [-0.15, -0.1) is 0 Å². The van der Waals surface area contributed by atoms with Crippen LogP contribution in [0.15, 0.2) is 0 Å². The molecule has 0 heterocycles. The average Bonchev–Trinajstić information content (AvgIpc) is 2.16. The molecule has 4 heteroatoms. The number of hydrogen-bond donors (Lipinski definition) is 2. The zero-order valence-corrected chi connectivity index (χ0v) is 6.75. The molecule has 1 aliphatic rings. The van der Waals surface area contributed by atoms with Gasteiger partial charge in [-0.2, -0.15) is 0 Å². The van der Waals surface area contributed by atoms with Gasteiger partial charge in [-0.25, -0.2) is 4.79 Å². The molecule has 1 rings (SSSR count). The van der Waals surface area contributed by atoms with E-state index in [-0.39, 0.29) is 12.8 Å². The van der Waals surface area contributed by atoms with Crippen molar-refractivity contribution in [2.45, 2.75) is 37.7 Å². The van der Waals surface area contributed by atoms with Gasteiger partial charge in [0.25, 0.3) is 0 Å². The highest BCUT2D eigenvalue weighted by molar-refractivity contribution is 6.06. The fraction of sp³-hybridized carbons (Fsp3) is 0.750. The number of carbonyl (C=O) groups is 2. The Balaban J connectivity index is 2.83.